The summed E-state index contributed by atoms with van der Waals surface area (Å²) in [6.07, 6.45) is -2.71. The minimum Gasteiger partial charge on any atom is -0.393 e. The molecule has 1 atom stereocenters. The highest BCUT2D eigenvalue weighted by molar-refractivity contribution is 5.91. The number of carbonyl (C=O) groups excluding carboxylic acids is 1. The zero-order valence-corrected chi connectivity index (χ0v) is 12.9. The lowest BCUT2D eigenvalue weighted by molar-refractivity contribution is -0.137. The fraction of sp³-hybridized carbons (Fsp3) is 0.400. The van der Waals surface area contributed by atoms with Crippen LogP contribution in [-0.4, -0.2) is 38.7 Å². The molecular weight excluding hydrogens is 325 g/mol. The molecule has 0 fully saturated rings. The molecule has 0 saturated heterocycles. The summed E-state index contributed by atoms with van der Waals surface area (Å²) < 4.78 is 39.3. The largest absolute Gasteiger partial charge is 0.416 e. The smallest absolute Gasteiger partial charge is 0.393 e. The third-order valence-corrected chi connectivity index (χ3v) is 3.40. The average molecular weight is 342 g/mol. The van der Waals surface area contributed by atoms with Crippen LogP contribution in [0.15, 0.2) is 30.5 Å². The van der Waals surface area contributed by atoms with E-state index >= 15 is 0 Å². The lowest BCUT2D eigenvalue weighted by Crippen LogP contribution is -2.27. The number of aliphatic hydroxyl groups excluding tert-OH is 1. The number of nitrogens with zero attached hydrogens (tertiary/aromatic N) is 3. The van der Waals surface area contributed by atoms with Crippen LogP contribution in [0.3, 0.4) is 0 Å². The zero-order valence-electron chi connectivity index (χ0n) is 12.9. The van der Waals surface area contributed by atoms with Gasteiger partial charge in [-0.2, -0.15) is 13.2 Å². The minimum atomic E-state index is -4.46. The standard InChI is InChI=1S/C15H17F3N4O2/c1-2-12(23)6-7-19-14(24)13-9-22(21-20-13)11-5-3-4-10(8-11)15(16,17)18/h3-5,8-9,12,23H,2,6-7H2,1H3,(H,19,24). The summed E-state index contributed by atoms with van der Waals surface area (Å²) in [5.41, 5.74) is -0.675. The predicted molar refractivity (Wildman–Crippen MR) is 79.6 cm³/mol. The first-order valence-electron chi connectivity index (χ1n) is 7.37. The molecule has 2 N–H and O–H groups in total. The second kappa shape index (κ2) is 7.43. The first-order valence-corrected chi connectivity index (χ1v) is 7.37. The van der Waals surface area contributed by atoms with Crippen LogP contribution in [0.25, 0.3) is 5.69 Å². The van der Waals surface area contributed by atoms with Gasteiger partial charge in [-0.15, -0.1) is 5.10 Å². The van der Waals surface area contributed by atoms with E-state index in [0.717, 1.165) is 16.8 Å². The Morgan fingerprint density at radius 2 is 2.17 bits per heavy atom. The van der Waals surface area contributed by atoms with Crippen molar-refractivity contribution in [3.05, 3.63) is 41.7 Å². The van der Waals surface area contributed by atoms with Crippen LogP contribution in [0.4, 0.5) is 13.2 Å². The maximum absolute atomic E-state index is 12.7. The van der Waals surface area contributed by atoms with Gasteiger partial charge < -0.3 is 10.4 Å². The molecule has 1 unspecified atom stereocenters. The predicted octanol–water partition coefficient (Wildman–Crippen LogP) is 2.18. The van der Waals surface area contributed by atoms with Crippen molar-refractivity contribution in [1.29, 1.82) is 0 Å². The van der Waals surface area contributed by atoms with Gasteiger partial charge in [0.2, 0.25) is 0 Å². The van der Waals surface area contributed by atoms with E-state index in [4.69, 9.17) is 0 Å². The van der Waals surface area contributed by atoms with Gasteiger partial charge in [-0.3, -0.25) is 4.79 Å². The lowest BCUT2D eigenvalue weighted by atomic mass is 10.2. The highest BCUT2D eigenvalue weighted by Gasteiger charge is 2.30. The highest BCUT2D eigenvalue weighted by Crippen LogP contribution is 2.30. The maximum atomic E-state index is 12.7. The molecule has 2 aromatic rings. The Bertz CT molecular complexity index is 700. The number of hydrogen-bond donors (Lipinski definition) is 2. The van der Waals surface area contributed by atoms with Crippen LogP contribution in [0.5, 0.6) is 0 Å². The molecule has 130 valence electrons. The van der Waals surface area contributed by atoms with E-state index in [1.165, 1.54) is 18.3 Å². The Morgan fingerprint density at radius 3 is 2.83 bits per heavy atom. The second-order valence-electron chi connectivity index (χ2n) is 5.20. The molecule has 0 saturated carbocycles. The summed E-state index contributed by atoms with van der Waals surface area (Å²) in [5, 5.41) is 19.3. The second-order valence-corrected chi connectivity index (χ2v) is 5.20. The Kier molecular flexibility index (Phi) is 5.55. The Balaban J connectivity index is 2.06. The van der Waals surface area contributed by atoms with Gasteiger partial charge >= 0.3 is 6.18 Å². The summed E-state index contributed by atoms with van der Waals surface area (Å²) in [6, 6.07) is 4.57. The van der Waals surface area contributed by atoms with Crippen molar-refractivity contribution < 1.29 is 23.1 Å². The van der Waals surface area contributed by atoms with E-state index in [9.17, 15) is 23.1 Å². The average Bonchev–Trinajstić information content (AvgIpc) is 3.04. The molecule has 1 aromatic carbocycles. The van der Waals surface area contributed by atoms with Gasteiger partial charge in [0.05, 0.1) is 23.6 Å². The number of nitrogens with one attached hydrogen (secondary N) is 1. The van der Waals surface area contributed by atoms with Gasteiger partial charge in [0.25, 0.3) is 5.91 Å². The molecule has 9 heteroatoms. The topological polar surface area (TPSA) is 80.0 Å². The number of aliphatic hydroxyl groups is 1. The van der Waals surface area contributed by atoms with Crippen molar-refractivity contribution in [3.63, 3.8) is 0 Å². The van der Waals surface area contributed by atoms with Crippen LogP contribution in [0.1, 0.15) is 35.8 Å². The molecule has 0 spiro atoms. The van der Waals surface area contributed by atoms with Crippen LogP contribution in [0, 0.1) is 0 Å². The van der Waals surface area contributed by atoms with Crippen molar-refractivity contribution in [2.45, 2.75) is 32.0 Å². The number of hydrogen-bond acceptors (Lipinski definition) is 4. The number of alkyl halides is 3. The van der Waals surface area contributed by atoms with E-state index in [0.29, 0.717) is 12.8 Å². The molecule has 0 bridgehead atoms. The first kappa shape index (κ1) is 17.9. The fourth-order valence-corrected chi connectivity index (χ4v) is 1.97. The number of rotatable bonds is 6. The van der Waals surface area contributed by atoms with Gasteiger partial charge in [0.1, 0.15) is 0 Å². The van der Waals surface area contributed by atoms with Gasteiger partial charge in [-0.25, -0.2) is 4.68 Å². The van der Waals surface area contributed by atoms with E-state index < -0.39 is 23.8 Å². The van der Waals surface area contributed by atoms with Crippen LogP contribution in [-0.2, 0) is 6.18 Å². The van der Waals surface area contributed by atoms with Gasteiger partial charge in [0, 0.05) is 6.54 Å². The van der Waals surface area contributed by atoms with Gasteiger partial charge in [0.15, 0.2) is 5.69 Å². The lowest BCUT2D eigenvalue weighted by Gasteiger charge is -2.08. The molecule has 24 heavy (non-hydrogen) atoms. The molecule has 0 aliphatic heterocycles. The van der Waals surface area contributed by atoms with Crippen molar-refractivity contribution in [2.24, 2.45) is 0 Å². The first-order chi connectivity index (χ1) is 11.3. The molecule has 6 nitrogen and oxygen atoms in total. The third kappa shape index (κ3) is 4.54. The molecular formula is C15H17F3N4O2. The Morgan fingerprint density at radius 1 is 1.42 bits per heavy atom. The number of carbonyl (C=O) groups is 1. The zero-order chi connectivity index (χ0) is 17.7. The number of halogens is 3. The third-order valence-electron chi connectivity index (χ3n) is 3.40. The number of amides is 1. The van der Waals surface area contributed by atoms with Crippen molar-refractivity contribution in [2.75, 3.05) is 6.54 Å². The van der Waals surface area contributed by atoms with Gasteiger partial charge in [-0.1, -0.05) is 18.2 Å². The Hall–Kier alpha value is -2.42. The molecule has 1 heterocycles. The number of benzene rings is 1. The quantitative estimate of drug-likeness (QED) is 0.843. The summed E-state index contributed by atoms with van der Waals surface area (Å²) >= 11 is 0. The van der Waals surface area contributed by atoms with Gasteiger partial charge in [-0.05, 0) is 31.0 Å². The van der Waals surface area contributed by atoms with E-state index in [1.54, 1.807) is 0 Å². The summed E-state index contributed by atoms with van der Waals surface area (Å²) in [4.78, 5) is 11.9. The minimum absolute atomic E-state index is 0.0154. The Labute approximate surface area is 136 Å². The van der Waals surface area contributed by atoms with Crippen molar-refractivity contribution in [3.8, 4) is 5.69 Å². The van der Waals surface area contributed by atoms with Crippen molar-refractivity contribution >= 4 is 5.91 Å². The highest BCUT2D eigenvalue weighted by atomic mass is 19.4. The number of aromatic nitrogens is 3. The van der Waals surface area contributed by atoms with E-state index in [-0.39, 0.29) is 17.9 Å². The molecule has 0 aliphatic carbocycles. The monoisotopic (exact) mass is 342 g/mol. The van der Waals surface area contributed by atoms with Crippen LogP contribution < -0.4 is 5.32 Å². The molecule has 2 rings (SSSR count). The summed E-state index contributed by atoms with van der Waals surface area (Å²) in [6.45, 7) is 2.09. The SMILES string of the molecule is CCC(O)CCNC(=O)c1cn(-c2cccc(C(F)(F)F)c2)nn1. The summed E-state index contributed by atoms with van der Waals surface area (Å²) in [5.74, 6) is -0.503. The van der Waals surface area contributed by atoms with E-state index in [2.05, 4.69) is 15.6 Å². The molecule has 1 amide bonds. The molecule has 0 aliphatic rings. The maximum Gasteiger partial charge on any atom is 0.416 e. The normalized spacial score (nSPS) is 12.9. The van der Waals surface area contributed by atoms with E-state index in [1.807, 2.05) is 6.92 Å². The van der Waals surface area contributed by atoms with Crippen LogP contribution in [0.2, 0.25) is 0 Å². The van der Waals surface area contributed by atoms with Crippen LogP contribution >= 0.6 is 0 Å². The fourth-order valence-electron chi connectivity index (χ4n) is 1.97. The summed E-state index contributed by atoms with van der Waals surface area (Å²) in [7, 11) is 0. The van der Waals surface area contributed by atoms with Crippen molar-refractivity contribution in [1.82, 2.24) is 20.3 Å². The molecule has 0 radical (unpaired) electrons. The molecule has 1 aromatic heterocycles.